The minimum atomic E-state index is 0.214. The van der Waals surface area contributed by atoms with Crippen LogP contribution in [0.15, 0.2) is 134 Å². The molecule has 9 nitrogen and oxygen atoms in total. The molecule has 284 valence electrons. The summed E-state index contributed by atoms with van der Waals surface area (Å²) < 4.78 is 6.18. The number of ether oxygens (including phenoxy) is 1. The van der Waals surface area contributed by atoms with Crippen LogP contribution in [0.5, 0.6) is 5.75 Å². The van der Waals surface area contributed by atoms with Crippen LogP contribution in [0.2, 0.25) is 0 Å². The highest BCUT2D eigenvalue weighted by Gasteiger charge is 2.19. The lowest BCUT2D eigenvalue weighted by Gasteiger charge is -2.06. The standard InChI is InChI=1S/C11H14N2S2.C10H12N2OS.C9H9BrN2S.C9H10N2S/c12-11-13-10(8-15-11)7-14-6-9-4-2-1-3-5-9;1-13-8-4-2-7(3-5-8)9-6-14-10(11)12-9;10-7-3-1-2-6(4-7)8-5-13-9(11)12-8;10-9-11-8(6-12-9)7-4-2-1-3-5-7/h1-5,10H,6-8H2,(H2,12,13);2-5,9H,6H2,1H3,(H2,11,12);1-4,8H,5H2,(H2,11,12);1-5,8H,6H2,(H2,10,11). The second-order valence-electron chi connectivity index (χ2n) is 12.1. The molecule has 4 aromatic carbocycles. The number of amidine groups is 4. The van der Waals surface area contributed by atoms with Gasteiger partial charge < -0.3 is 27.7 Å². The van der Waals surface area contributed by atoms with Crippen molar-refractivity contribution in [3.05, 3.63) is 136 Å². The van der Waals surface area contributed by atoms with E-state index in [4.69, 9.17) is 27.7 Å². The summed E-state index contributed by atoms with van der Waals surface area (Å²) in [5, 5.41) is 2.85. The van der Waals surface area contributed by atoms with Crippen LogP contribution in [0.4, 0.5) is 0 Å². The van der Waals surface area contributed by atoms with E-state index in [1.165, 1.54) is 22.3 Å². The van der Waals surface area contributed by atoms with Gasteiger partial charge in [-0.2, -0.15) is 11.8 Å². The molecule has 0 spiro atoms. The van der Waals surface area contributed by atoms with Gasteiger partial charge in [0.2, 0.25) is 0 Å². The normalized spacial score (nSPS) is 21.1. The summed E-state index contributed by atoms with van der Waals surface area (Å²) in [4.78, 5) is 17.3. The minimum Gasteiger partial charge on any atom is -0.497 e. The summed E-state index contributed by atoms with van der Waals surface area (Å²) in [6, 6.07) is 38.1. The highest BCUT2D eigenvalue weighted by molar-refractivity contribution is 9.10. The molecular weight excluding hydrogens is 837 g/mol. The number of hydrogen-bond donors (Lipinski definition) is 4. The Labute approximate surface area is 348 Å². The lowest BCUT2D eigenvalue weighted by atomic mass is 10.1. The molecule has 0 saturated carbocycles. The van der Waals surface area contributed by atoms with Crippen molar-refractivity contribution >= 4 is 95.4 Å². The summed E-state index contributed by atoms with van der Waals surface area (Å²) in [6.07, 6.45) is 0. The fourth-order valence-corrected chi connectivity index (χ4v) is 10.1. The SMILES string of the molecule is COc1ccc(C2CSC(N)=N2)cc1.NC1=NC(CSCc2ccccc2)CS1.NC1=NC(c2cccc(Br)c2)CS1.NC1=NC(c2ccccc2)CS1. The number of benzene rings is 4. The summed E-state index contributed by atoms with van der Waals surface area (Å²) >= 11 is 11.9. The molecule has 0 aliphatic carbocycles. The molecule has 4 atom stereocenters. The number of nitrogens with zero attached hydrogens (tertiary/aromatic N) is 4. The van der Waals surface area contributed by atoms with Crippen LogP contribution in [0.25, 0.3) is 0 Å². The van der Waals surface area contributed by atoms with Crippen molar-refractivity contribution in [1.29, 1.82) is 0 Å². The van der Waals surface area contributed by atoms with Gasteiger partial charge in [-0.05, 0) is 46.5 Å². The summed E-state index contributed by atoms with van der Waals surface area (Å²) in [5.41, 5.74) is 27.4. The van der Waals surface area contributed by atoms with E-state index in [0.717, 1.165) is 49.9 Å². The van der Waals surface area contributed by atoms with Crippen LogP contribution in [0, 0.1) is 0 Å². The first-order chi connectivity index (χ1) is 26.2. The maximum atomic E-state index is 5.61. The Morgan fingerprint density at radius 3 is 1.56 bits per heavy atom. The van der Waals surface area contributed by atoms with Gasteiger partial charge in [-0.3, -0.25) is 20.0 Å². The van der Waals surface area contributed by atoms with E-state index in [9.17, 15) is 0 Å². The van der Waals surface area contributed by atoms with E-state index in [0.29, 0.717) is 21.5 Å². The van der Waals surface area contributed by atoms with Gasteiger partial charge in [-0.1, -0.05) is 148 Å². The molecule has 0 bridgehead atoms. The van der Waals surface area contributed by atoms with Gasteiger partial charge in [0.1, 0.15) is 5.75 Å². The lowest BCUT2D eigenvalue weighted by molar-refractivity contribution is 0.414. The van der Waals surface area contributed by atoms with Crippen LogP contribution in [-0.2, 0) is 5.75 Å². The molecule has 4 aliphatic rings. The van der Waals surface area contributed by atoms with E-state index in [1.54, 1.807) is 54.2 Å². The van der Waals surface area contributed by atoms with Gasteiger partial charge >= 0.3 is 0 Å². The molecule has 0 amide bonds. The predicted octanol–water partition coefficient (Wildman–Crippen LogP) is 8.49. The molecule has 8 rings (SSSR count). The van der Waals surface area contributed by atoms with Gasteiger partial charge in [-0.15, -0.1) is 0 Å². The Kier molecular flexibility index (Phi) is 17.4. The molecule has 0 saturated heterocycles. The monoisotopic (exact) mass is 880 g/mol. The van der Waals surface area contributed by atoms with Gasteiger partial charge in [0.15, 0.2) is 20.7 Å². The molecule has 54 heavy (non-hydrogen) atoms. The maximum Gasteiger partial charge on any atom is 0.154 e. The Morgan fingerprint density at radius 1 is 0.593 bits per heavy atom. The van der Waals surface area contributed by atoms with E-state index in [-0.39, 0.29) is 18.1 Å². The average Bonchev–Trinajstić information content (AvgIpc) is 4.03. The van der Waals surface area contributed by atoms with Crippen LogP contribution in [0.3, 0.4) is 0 Å². The predicted molar refractivity (Wildman–Crippen MR) is 245 cm³/mol. The molecule has 4 heterocycles. The zero-order valence-electron chi connectivity index (χ0n) is 29.9. The molecule has 8 N–H and O–H groups in total. The van der Waals surface area contributed by atoms with Crippen molar-refractivity contribution in [2.24, 2.45) is 42.9 Å². The Bertz CT molecular complexity index is 1880. The third-order valence-corrected chi connectivity index (χ3v) is 13.3. The van der Waals surface area contributed by atoms with Crippen LogP contribution < -0.4 is 27.7 Å². The molecule has 0 radical (unpaired) electrons. The fourth-order valence-electron chi connectivity index (χ4n) is 5.31. The number of methoxy groups -OCH3 is 1. The summed E-state index contributed by atoms with van der Waals surface area (Å²) in [7, 11) is 1.66. The molecular formula is C39H45BrN8OS5. The topological polar surface area (TPSA) is 163 Å². The number of rotatable bonds is 8. The third kappa shape index (κ3) is 14.1. The highest BCUT2D eigenvalue weighted by atomic mass is 79.9. The molecule has 0 aromatic heterocycles. The zero-order chi connectivity index (χ0) is 38.1. The maximum absolute atomic E-state index is 5.61. The Balaban J connectivity index is 0.000000139. The number of halogens is 1. The molecule has 4 aromatic rings. The quantitative estimate of drug-likeness (QED) is 0.135. The van der Waals surface area contributed by atoms with Crippen LogP contribution in [0.1, 0.15) is 40.4 Å². The first-order valence-corrected chi connectivity index (χ1v) is 23.0. The summed E-state index contributed by atoms with van der Waals surface area (Å²) in [6.45, 7) is 0. The van der Waals surface area contributed by atoms with Crippen molar-refractivity contribution in [3.8, 4) is 5.75 Å². The van der Waals surface area contributed by atoms with Crippen LogP contribution in [-0.4, -0.2) is 62.6 Å². The van der Waals surface area contributed by atoms with E-state index >= 15 is 0 Å². The van der Waals surface area contributed by atoms with E-state index in [1.807, 2.05) is 72.4 Å². The van der Waals surface area contributed by atoms with Crippen molar-refractivity contribution in [2.45, 2.75) is 29.9 Å². The molecule has 4 aliphatic heterocycles. The Hall–Kier alpha value is -3.21. The number of thioether (sulfide) groups is 5. The van der Waals surface area contributed by atoms with Gasteiger partial charge in [0.05, 0.1) is 31.3 Å². The van der Waals surface area contributed by atoms with Crippen molar-refractivity contribution in [3.63, 3.8) is 0 Å². The molecule has 0 fully saturated rings. The van der Waals surface area contributed by atoms with Crippen LogP contribution >= 0.6 is 74.7 Å². The van der Waals surface area contributed by atoms with Crippen molar-refractivity contribution in [1.82, 2.24) is 0 Å². The second-order valence-corrected chi connectivity index (χ2v) is 18.2. The smallest absolute Gasteiger partial charge is 0.154 e. The number of aliphatic imine (C=N–C) groups is 4. The average molecular weight is 882 g/mol. The van der Waals surface area contributed by atoms with Crippen molar-refractivity contribution < 1.29 is 4.74 Å². The van der Waals surface area contributed by atoms with Gasteiger partial charge in [0, 0.05) is 39.0 Å². The number of nitrogens with two attached hydrogens (primary N) is 4. The van der Waals surface area contributed by atoms with Crippen molar-refractivity contribution in [2.75, 3.05) is 35.9 Å². The lowest BCUT2D eigenvalue weighted by Crippen LogP contribution is -2.07. The minimum absolute atomic E-state index is 0.214. The Morgan fingerprint density at radius 2 is 1.07 bits per heavy atom. The zero-order valence-corrected chi connectivity index (χ0v) is 35.5. The number of hydrogen-bond acceptors (Lipinski definition) is 14. The van der Waals surface area contributed by atoms with E-state index < -0.39 is 0 Å². The van der Waals surface area contributed by atoms with Gasteiger partial charge in [0.25, 0.3) is 0 Å². The molecule has 4 unspecified atom stereocenters. The third-order valence-electron chi connectivity index (χ3n) is 8.09. The van der Waals surface area contributed by atoms with Gasteiger partial charge in [-0.25, -0.2) is 0 Å². The van der Waals surface area contributed by atoms with E-state index in [2.05, 4.69) is 84.4 Å². The first kappa shape index (κ1) is 41.9. The fraction of sp³-hybridized carbons (Fsp3) is 0.282. The molecule has 15 heteroatoms. The first-order valence-electron chi connectivity index (χ1n) is 17.2. The highest BCUT2D eigenvalue weighted by Crippen LogP contribution is 2.31. The largest absolute Gasteiger partial charge is 0.497 e. The second kappa shape index (κ2) is 22.4. The summed E-state index contributed by atoms with van der Waals surface area (Å²) in [5.74, 6) is 6.94.